The highest BCUT2D eigenvalue weighted by Gasteiger charge is 2.28. The second-order valence-corrected chi connectivity index (χ2v) is 8.09. The minimum atomic E-state index is 0.124. The summed E-state index contributed by atoms with van der Waals surface area (Å²) in [6.45, 7) is 7.49. The van der Waals surface area contributed by atoms with Gasteiger partial charge in [-0.1, -0.05) is 24.4 Å². The molecular formula is C21H27ClN4O. The van der Waals surface area contributed by atoms with Crippen molar-refractivity contribution in [3.05, 3.63) is 46.2 Å². The number of amides is 1. The highest BCUT2D eigenvalue weighted by molar-refractivity contribution is 6.31. The van der Waals surface area contributed by atoms with Crippen LogP contribution in [-0.4, -0.2) is 57.7 Å². The molecule has 0 unspecified atom stereocenters. The number of hydrogen-bond donors (Lipinski definition) is 0. The first-order valence-electron chi connectivity index (χ1n) is 9.90. The number of rotatable bonds is 3. The van der Waals surface area contributed by atoms with E-state index in [9.17, 15) is 4.79 Å². The van der Waals surface area contributed by atoms with Gasteiger partial charge in [0.05, 0.1) is 22.1 Å². The number of hydrogen-bond acceptors (Lipinski definition) is 3. The summed E-state index contributed by atoms with van der Waals surface area (Å²) in [6.07, 6.45) is 5.37. The van der Waals surface area contributed by atoms with Gasteiger partial charge in [-0.05, 0) is 51.0 Å². The number of piperazine rings is 1. The average Bonchev–Trinajstić information content (AvgIpc) is 3.33. The van der Waals surface area contributed by atoms with E-state index in [2.05, 4.69) is 10.00 Å². The molecule has 0 radical (unpaired) electrons. The lowest BCUT2D eigenvalue weighted by molar-refractivity contribution is 0.0573. The van der Waals surface area contributed by atoms with Gasteiger partial charge in [0.1, 0.15) is 0 Å². The highest BCUT2D eigenvalue weighted by atomic mass is 35.5. The van der Waals surface area contributed by atoms with Gasteiger partial charge >= 0.3 is 0 Å². The maximum absolute atomic E-state index is 12.9. The third kappa shape index (κ3) is 3.63. The van der Waals surface area contributed by atoms with Crippen molar-refractivity contribution in [2.24, 2.45) is 0 Å². The number of aryl methyl sites for hydroxylation is 1. The first-order chi connectivity index (χ1) is 13.0. The van der Waals surface area contributed by atoms with E-state index in [1.807, 2.05) is 47.7 Å². The molecule has 1 amide bonds. The summed E-state index contributed by atoms with van der Waals surface area (Å²) in [6, 6.07) is 8.42. The van der Waals surface area contributed by atoms with E-state index < -0.39 is 0 Å². The molecule has 1 saturated carbocycles. The monoisotopic (exact) mass is 386 g/mol. The standard InChI is InChI=1S/C21H27ClN4O/c1-15-20(22)16(2)26(23-15)19-9-7-17(8-10-19)21(27)25-13-11-24(12-14-25)18-5-3-4-6-18/h7-10,18H,3-6,11-14H2,1-2H3. The van der Waals surface area contributed by atoms with Gasteiger partial charge in [0.15, 0.2) is 0 Å². The summed E-state index contributed by atoms with van der Waals surface area (Å²) in [5.74, 6) is 0.124. The molecule has 4 rings (SSSR count). The van der Waals surface area contributed by atoms with Crippen molar-refractivity contribution in [2.45, 2.75) is 45.6 Å². The lowest BCUT2D eigenvalue weighted by Gasteiger charge is -2.38. The number of halogens is 1. The van der Waals surface area contributed by atoms with E-state index in [1.54, 1.807) is 0 Å². The van der Waals surface area contributed by atoms with Crippen molar-refractivity contribution >= 4 is 17.5 Å². The van der Waals surface area contributed by atoms with Gasteiger partial charge < -0.3 is 4.90 Å². The Morgan fingerprint density at radius 2 is 1.67 bits per heavy atom. The van der Waals surface area contributed by atoms with Crippen LogP contribution in [0.1, 0.15) is 47.4 Å². The Bertz CT molecular complexity index is 815. The third-order valence-electron chi connectivity index (χ3n) is 6.00. The number of benzene rings is 1. The number of carbonyl (C=O) groups excluding carboxylic acids is 1. The van der Waals surface area contributed by atoms with Gasteiger partial charge in [-0.3, -0.25) is 9.69 Å². The van der Waals surface area contributed by atoms with Gasteiger partial charge in [-0.2, -0.15) is 5.10 Å². The molecule has 1 aliphatic carbocycles. The number of carbonyl (C=O) groups is 1. The van der Waals surface area contributed by atoms with Gasteiger partial charge in [-0.25, -0.2) is 4.68 Å². The normalized spacial score (nSPS) is 19.0. The zero-order chi connectivity index (χ0) is 19.0. The molecule has 1 aromatic carbocycles. The Balaban J connectivity index is 1.41. The van der Waals surface area contributed by atoms with Crippen LogP contribution in [0.2, 0.25) is 5.02 Å². The fourth-order valence-corrected chi connectivity index (χ4v) is 4.48. The van der Waals surface area contributed by atoms with Crippen LogP contribution in [0, 0.1) is 13.8 Å². The van der Waals surface area contributed by atoms with Crippen LogP contribution in [0.4, 0.5) is 0 Å². The minimum absolute atomic E-state index is 0.124. The molecule has 0 bridgehead atoms. The lowest BCUT2D eigenvalue weighted by atomic mass is 10.1. The summed E-state index contributed by atoms with van der Waals surface area (Å²) in [7, 11) is 0. The zero-order valence-electron chi connectivity index (χ0n) is 16.1. The van der Waals surface area contributed by atoms with Crippen LogP contribution in [0.25, 0.3) is 5.69 Å². The van der Waals surface area contributed by atoms with Crippen molar-refractivity contribution in [3.63, 3.8) is 0 Å². The quantitative estimate of drug-likeness (QED) is 0.804. The first-order valence-corrected chi connectivity index (χ1v) is 10.3. The van der Waals surface area contributed by atoms with Gasteiger partial charge in [0, 0.05) is 37.8 Å². The van der Waals surface area contributed by atoms with Crippen LogP contribution >= 0.6 is 11.6 Å². The molecule has 1 aliphatic heterocycles. The van der Waals surface area contributed by atoms with E-state index in [0.717, 1.165) is 54.9 Å². The number of aromatic nitrogens is 2. The van der Waals surface area contributed by atoms with Crippen molar-refractivity contribution in [2.75, 3.05) is 26.2 Å². The molecule has 2 aromatic rings. The fourth-order valence-electron chi connectivity index (χ4n) is 4.36. The van der Waals surface area contributed by atoms with Crippen LogP contribution in [0.5, 0.6) is 0 Å². The molecule has 1 saturated heterocycles. The molecule has 0 atom stereocenters. The summed E-state index contributed by atoms with van der Waals surface area (Å²) >= 11 is 6.24. The van der Waals surface area contributed by atoms with Gasteiger partial charge in [0.25, 0.3) is 5.91 Å². The van der Waals surface area contributed by atoms with E-state index in [1.165, 1.54) is 25.7 Å². The Kier molecular flexibility index (Phi) is 5.24. The molecule has 2 aliphatic rings. The van der Waals surface area contributed by atoms with Crippen molar-refractivity contribution in [3.8, 4) is 5.69 Å². The second kappa shape index (κ2) is 7.64. The topological polar surface area (TPSA) is 41.4 Å². The fraction of sp³-hybridized carbons (Fsp3) is 0.524. The van der Waals surface area contributed by atoms with Crippen molar-refractivity contribution in [1.29, 1.82) is 0 Å². The van der Waals surface area contributed by atoms with Crippen molar-refractivity contribution < 1.29 is 4.79 Å². The second-order valence-electron chi connectivity index (χ2n) is 7.71. The molecule has 0 spiro atoms. The summed E-state index contributed by atoms with van der Waals surface area (Å²) in [5.41, 5.74) is 3.39. The predicted molar refractivity (Wildman–Crippen MR) is 108 cm³/mol. The molecule has 0 N–H and O–H groups in total. The van der Waals surface area contributed by atoms with Crippen LogP contribution in [-0.2, 0) is 0 Å². The number of nitrogens with zero attached hydrogens (tertiary/aromatic N) is 4. The van der Waals surface area contributed by atoms with E-state index in [4.69, 9.17) is 11.6 Å². The molecule has 2 heterocycles. The molecule has 1 aromatic heterocycles. The largest absolute Gasteiger partial charge is 0.336 e. The summed E-state index contributed by atoms with van der Waals surface area (Å²) in [4.78, 5) is 17.4. The SMILES string of the molecule is Cc1nn(-c2ccc(C(=O)N3CCN(C4CCCC4)CC3)cc2)c(C)c1Cl. The van der Waals surface area contributed by atoms with E-state index in [0.29, 0.717) is 5.02 Å². The Morgan fingerprint density at radius 1 is 1.04 bits per heavy atom. The van der Waals surface area contributed by atoms with Gasteiger partial charge in [0.2, 0.25) is 0 Å². The predicted octanol–water partition coefficient (Wildman–Crippen LogP) is 3.84. The average molecular weight is 387 g/mol. The zero-order valence-corrected chi connectivity index (χ0v) is 16.9. The smallest absolute Gasteiger partial charge is 0.253 e. The van der Waals surface area contributed by atoms with Crippen LogP contribution in [0.15, 0.2) is 24.3 Å². The summed E-state index contributed by atoms with van der Waals surface area (Å²) in [5, 5.41) is 5.16. The first kappa shape index (κ1) is 18.5. The molecule has 2 fully saturated rings. The molecule has 6 heteroatoms. The van der Waals surface area contributed by atoms with Gasteiger partial charge in [-0.15, -0.1) is 0 Å². The van der Waals surface area contributed by atoms with Crippen LogP contribution in [0.3, 0.4) is 0 Å². The minimum Gasteiger partial charge on any atom is -0.336 e. The lowest BCUT2D eigenvalue weighted by Crippen LogP contribution is -2.51. The Labute approximate surface area is 165 Å². The Morgan fingerprint density at radius 3 is 2.22 bits per heavy atom. The van der Waals surface area contributed by atoms with E-state index in [-0.39, 0.29) is 5.91 Å². The third-order valence-corrected chi connectivity index (χ3v) is 6.55. The maximum Gasteiger partial charge on any atom is 0.253 e. The highest BCUT2D eigenvalue weighted by Crippen LogP contribution is 2.25. The molecular weight excluding hydrogens is 360 g/mol. The van der Waals surface area contributed by atoms with Crippen LogP contribution < -0.4 is 0 Å². The van der Waals surface area contributed by atoms with E-state index >= 15 is 0 Å². The van der Waals surface area contributed by atoms with Crippen molar-refractivity contribution in [1.82, 2.24) is 19.6 Å². The summed E-state index contributed by atoms with van der Waals surface area (Å²) < 4.78 is 1.83. The maximum atomic E-state index is 12.9. The Hall–Kier alpha value is -1.85. The molecule has 27 heavy (non-hydrogen) atoms. The molecule has 144 valence electrons. The molecule has 5 nitrogen and oxygen atoms in total.